The zero-order chi connectivity index (χ0) is 19.8. The van der Waals surface area contributed by atoms with Gasteiger partial charge in [0.15, 0.2) is 17.2 Å². The van der Waals surface area contributed by atoms with Gasteiger partial charge in [-0.05, 0) is 56.4 Å². The number of ketones is 2. The van der Waals surface area contributed by atoms with E-state index in [9.17, 15) is 30.0 Å². The van der Waals surface area contributed by atoms with Gasteiger partial charge in [0.05, 0.1) is 11.7 Å². The third kappa shape index (κ3) is 2.10. The summed E-state index contributed by atoms with van der Waals surface area (Å²) in [4.78, 5) is 24.3. The highest BCUT2D eigenvalue weighted by Crippen LogP contribution is 2.69. The van der Waals surface area contributed by atoms with Crippen molar-refractivity contribution in [3.05, 3.63) is 11.6 Å². The molecule has 0 aromatic heterocycles. The molecule has 0 spiro atoms. The van der Waals surface area contributed by atoms with Crippen molar-refractivity contribution in [3.8, 4) is 0 Å². The van der Waals surface area contributed by atoms with Crippen molar-refractivity contribution < 1.29 is 30.0 Å². The third-order valence-electron chi connectivity index (χ3n) is 8.94. The molecule has 0 aromatic rings. The first-order valence-corrected chi connectivity index (χ1v) is 10.1. The van der Waals surface area contributed by atoms with Crippen molar-refractivity contribution in [2.45, 2.75) is 76.1 Å². The standard InChI is InChI=1S/C21H30O6/c1-18-6-5-13(23)9-12(18)3-4-14-15-10-16(24)21(27,17(25)11-22)19(15,2)7-8-20(14,18)26/h9,14-16,22,24,26-27H,3-8,10-11H2,1-2H3/t14-,15-,16+,18-,19-,20+,21-/m0/s1. The molecule has 4 rings (SSSR count). The fourth-order valence-electron chi connectivity index (χ4n) is 7.15. The van der Waals surface area contributed by atoms with Gasteiger partial charge >= 0.3 is 0 Å². The van der Waals surface area contributed by atoms with Crippen molar-refractivity contribution in [3.63, 3.8) is 0 Å². The molecular weight excluding hydrogens is 348 g/mol. The third-order valence-corrected chi connectivity index (χ3v) is 8.94. The molecule has 0 aromatic carbocycles. The van der Waals surface area contributed by atoms with E-state index < -0.39 is 40.5 Å². The van der Waals surface area contributed by atoms with Crippen LogP contribution in [0.3, 0.4) is 0 Å². The Morgan fingerprint density at radius 3 is 2.52 bits per heavy atom. The molecule has 0 radical (unpaired) electrons. The Labute approximate surface area is 159 Å². The lowest BCUT2D eigenvalue weighted by Gasteiger charge is -2.63. The lowest BCUT2D eigenvalue weighted by atomic mass is 9.44. The summed E-state index contributed by atoms with van der Waals surface area (Å²) in [6, 6.07) is 0. The molecule has 7 atom stereocenters. The maximum absolute atomic E-state index is 12.4. The number of fused-ring (bicyclic) bond motifs is 5. The van der Waals surface area contributed by atoms with E-state index >= 15 is 0 Å². The predicted molar refractivity (Wildman–Crippen MR) is 96.6 cm³/mol. The van der Waals surface area contributed by atoms with Crippen LogP contribution in [0.1, 0.15) is 58.8 Å². The predicted octanol–water partition coefficient (Wildman–Crippen LogP) is 0.896. The van der Waals surface area contributed by atoms with Gasteiger partial charge < -0.3 is 20.4 Å². The van der Waals surface area contributed by atoms with Crippen LogP contribution < -0.4 is 0 Å². The van der Waals surface area contributed by atoms with E-state index in [-0.39, 0.29) is 24.0 Å². The number of hydrogen-bond acceptors (Lipinski definition) is 6. The highest BCUT2D eigenvalue weighted by molar-refractivity contribution is 5.92. The van der Waals surface area contributed by atoms with Gasteiger partial charge in [-0.15, -0.1) is 0 Å². The molecule has 4 aliphatic rings. The van der Waals surface area contributed by atoms with Crippen molar-refractivity contribution in [1.29, 1.82) is 0 Å². The van der Waals surface area contributed by atoms with Gasteiger partial charge in [0.25, 0.3) is 0 Å². The summed E-state index contributed by atoms with van der Waals surface area (Å²) in [5.41, 5.74) is -3.35. The minimum atomic E-state index is -1.98. The zero-order valence-electron chi connectivity index (χ0n) is 16.1. The first-order chi connectivity index (χ1) is 12.5. The summed E-state index contributed by atoms with van der Waals surface area (Å²) in [6.07, 6.45) is 3.91. The van der Waals surface area contributed by atoms with E-state index in [4.69, 9.17) is 0 Å². The fourth-order valence-corrected chi connectivity index (χ4v) is 7.15. The Morgan fingerprint density at radius 1 is 1.15 bits per heavy atom. The topological polar surface area (TPSA) is 115 Å². The lowest BCUT2D eigenvalue weighted by Crippen LogP contribution is -2.66. The van der Waals surface area contributed by atoms with Gasteiger partial charge in [-0.1, -0.05) is 19.4 Å². The molecule has 0 bridgehead atoms. The van der Waals surface area contributed by atoms with Crippen molar-refractivity contribution >= 4 is 11.6 Å². The van der Waals surface area contributed by atoms with Gasteiger partial charge in [0, 0.05) is 17.3 Å². The summed E-state index contributed by atoms with van der Waals surface area (Å²) >= 11 is 0. The first-order valence-electron chi connectivity index (χ1n) is 10.1. The van der Waals surface area contributed by atoms with E-state index in [0.29, 0.717) is 38.5 Å². The normalized spacial score (nSPS) is 51.9. The molecule has 150 valence electrons. The van der Waals surface area contributed by atoms with Crippen molar-refractivity contribution in [2.75, 3.05) is 6.61 Å². The largest absolute Gasteiger partial charge is 0.390 e. The van der Waals surface area contributed by atoms with Crippen LogP contribution in [0.2, 0.25) is 0 Å². The SMILES string of the molecule is C[C@]12CCC(=O)C=C1CC[C@H]1[C@@H]3C[C@@H](O)[C@](O)(C(=O)CO)[C@@]3(C)CC[C@@]12O. The molecule has 6 nitrogen and oxygen atoms in total. The summed E-state index contributed by atoms with van der Waals surface area (Å²) in [5.74, 6) is -1.01. The summed E-state index contributed by atoms with van der Waals surface area (Å²) in [5, 5.41) is 43.1. The number of carbonyl (C=O) groups is 2. The van der Waals surface area contributed by atoms with E-state index in [1.54, 1.807) is 6.08 Å². The van der Waals surface area contributed by atoms with Crippen LogP contribution in [0.25, 0.3) is 0 Å². The molecule has 6 heteroatoms. The average Bonchev–Trinajstić information content (AvgIpc) is 2.84. The molecule has 4 N–H and O–H groups in total. The molecule has 0 heterocycles. The highest BCUT2D eigenvalue weighted by atomic mass is 16.4. The van der Waals surface area contributed by atoms with Crippen LogP contribution >= 0.6 is 0 Å². The van der Waals surface area contributed by atoms with E-state index in [1.807, 2.05) is 13.8 Å². The summed E-state index contributed by atoms with van der Waals surface area (Å²) < 4.78 is 0. The van der Waals surface area contributed by atoms with Gasteiger partial charge in [-0.3, -0.25) is 9.59 Å². The Morgan fingerprint density at radius 2 is 1.85 bits per heavy atom. The minimum Gasteiger partial charge on any atom is -0.390 e. The zero-order valence-corrected chi connectivity index (χ0v) is 16.1. The number of aliphatic hydroxyl groups is 4. The molecule has 0 unspecified atom stereocenters. The van der Waals surface area contributed by atoms with Crippen LogP contribution in [0.5, 0.6) is 0 Å². The van der Waals surface area contributed by atoms with Crippen molar-refractivity contribution in [2.24, 2.45) is 22.7 Å². The van der Waals surface area contributed by atoms with E-state index in [1.165, 1.54) is 0 Å². The Kier molecular flexibility index (Phi) is 4.08. The second-order valence-electron chi connectivity index (χ2n) is 9.66. The van der Waals surface area contributed by atoms with Crippen LogP contribution in [-0.4, -0.2) is 55.9 Å². The van der Waals surface area contributed by atoms with Gasteiger partial charge in [-0.2, -0.15) is 0 Å². The monoisotopic (exact) mass is 378 g/mol. The van der Waals surface area contributed by atoms with E-state index in [2.05, 4.69) is 0 Å². The number of Topliss-reactive ketones (excluding diaryl/α,β-unsaturated/α-hetero) is 1. The van der Waals surface area contributed by atoms with Crippen LogP contribution in [-0.2, 0) is 9.59 Å². The lowest BCUT2D eigenvalue weighted by molar-refractivity contribution is -0.215. The van der Waals surface area contributed by atoms with Gasteiger partial charge in [0.1, 0.15) is 6.61 Å². The highest BCUT2D eigenvalue weighted by Gasteiger charge is 2.73. The molecule has 3 fully saturated rings. The number of carbonyl (C=O) groups excluding carboxylic acids is 2. The van der Waals surface area contributed by atoms with Gasteiger partial charge in [0.2, 0.25) is 0 Å². The second-order valence-corrected chi connectivity index (χ2v) is 9.66. The van der Waals surface area contributed by atoms with Gasteiger partial charge in [-0.25, -0.2) is 0 Å². The number of rotatable bonds is 2. The average molecular weight is 378 g/mol. The van der Waals surface area contributed by atoms with Crippen LogP contribution in [0, 0.1) is 22.7 Å². The molecule has 0 saturated heterocycles. The van der Waals surface area contributed by atoms with Crippen LogP contribution in [0.15, 0.2) is 11.6 Å². The van der Waals surface area contributed by atoms with Crippen LogP contribution in [0.4, 0.5) is 0 Å². The molecule has 4 aliphatic carbocycles. The summed E-state index contributed by atoms with van der Waals surface area (Å²) in [7, 11) is 0. The minimum absolute atomic E-state index is 0.115. The Balaban J connectivity index is 1.77. The van der Waals surface area contributed by atoms with E-state index in [0.717, 1.165) is 5.57 Å². The first kappa shape index (κ1) is 19.2. The Bertz CT molecular complexity index is 730. The molecule has 3 saturated carbocycles. The molecular formula is C21H30O6. The number of hydrogen-bond donors (Lipinski definition) is 4. The summed E-state index contributed by atoms with van der Waals surface area (Å²) in [6.45, 7) is 3.05. The maximum atomic E-state index is 12.4. The molecule has 27 heavy (non-hydrogen) atoms. The number of aliphatic hydroxyl groups excluding tert-OH is 2. The fraction of sp³-hybridized carbons (Fsp3) is 0.810. The maximum Gasteiger partial charge on any atom is 0.192 e. The molecule has 0 aliphatic heterocycles. The molecule has 0 amide bonds. The smallest absolute Gasteiger partial charge is 0.192 e. The quantitative estimate of drug-likeness (QED) is 0.567. The Hall–Kier alpha value is -1.08. The van der Waals surface area contributed by atoms with Crippen molar-refractivity contribution in [1.82, 2.24) is 0 Å². The second kappa shape index (κ2) is 5.72.